The molecule has 1 aromatic rings. The van der Waals surface area contributed by atoms with Gasteiger partial charge in [-0.3, -0.25) is 9.59 Å². The van der Waals surface area contributed by atoms with Crippen LogP contribution in [0.4, 0.5) is 0 Å². The van der Waals surface area contributed by atoms with E-state index in [1.807, 2.05) is 23.1 Å². The summed E-state index contributed by atoms with van der Waals surface area (Å²) in [6, 6.07) is 10.2. The highest BCUT2D eigenvalue weighted by molar-refractivity contribution is 5.80. The molecule has 2 atom stereocenters. The molecule has 0 N–H and O–H groups in total. The maximum absolute atomic E-state index is 12.8. The fourth-order valence-electron chi connectivity index (χ4n) is 4.80. The van der Waals surface area contributed by atoms with Crippen LogP contribution in [0.15, 0.2) is 30.3 Å². The Balaban J connectivity index is 1.46. The van der Waals surface area contributed by atoms with Crippen LogP contribution >= 0.6 is 0 Å². The van der Waals surface area contributed by atoms with Crippen molar-refractivity contribution in [3.63, 3.8) is 0 Å². The summed E-state index contributed by atoms with van der Waals surface area (Å²) in [7, 11) is 0. The third kappa shape index (κ3) is 3.37. The standard InChI is InChI=1S/C21H28N2O3/c24-19-7-10-21(23(19)15-17-5-2-1-3-6-17)9-4-12-22(13-11-21)20(25)18-8-14-26-16-18/h1-3,5-6,18H,4,7-16H2/t18-,21-/m1/s1. The quantitative estimate of drug-likeness (QED) is 0.836. The number of ether oxygens (including phenoxy) is 1. The molecule has 0 bridgehead atoms. The van der Waals surface area contributed by atoms with Crippen LogP contribution in [0, 0.1) is 5.92 Å². The van der Waals surface area contributed by atoms with Crippen molar-refractivity contribution in [1.29, 1.82) is 0 Å². The summed E-state index contributed by atoms with van der Waals surface area (Å²) in [5.74, 6) is 0.547. The molecule has 140 valence electrons. The Hall–Kier alpha value is -1.88. The van der Waals surface area contributed by atoms with Crippen molar-refractivity contribution >= 4 is 11.8 Å². The van der Waals surface area contributed by atoms with E-state index in [2.05, 4.69) is 17.0 Å². The molecule has 3 heterocycles. The summed E-state index contributed by atoms with van der Waals surface area (Å²) in [5.41, 5.74) is 1.11. The molecule has 0 unspecified atom stereocenters. The number of carbonyl (C=O) groups is 2. The molecule has 3 saturated heterocycles. The average molecular weight is 356 g/mol. The molecule has 26 heavy (non-hydrogen) atoms. The lowest BCUT2D eigenvalue weighted by Crippen LogP contribution is -2.46. The monoisotopic (exact) mass is 356 g/mol. The first-order chi connectivity index (χ1) is 12.7. The molecule has 1 aromatic carbocycles. The molecule has 3 aliphatic heterocycles. The minimum Gasteiger partial charge on any atom is -0.381 e. The highest BCUT2D eigenvalue weighted by atomic mass is 16.5. The van der Waals surface area contributed by atoms with Gasteiger partial charge in [0.25, 0.3) is 0 Å². The van der Waals surface area contributed by atoms with Crippen LogP contribution in [0.2, 0.25) is 0 Å². The van der Waals surface area contributed by atoms with Crippen LogP contribution in [0.5, 0.6) is 0 Å². The van der Waals surface area contributed by atoms with E-state index in [-0.39, 0.29) is 23.3 Å². The summed E-state index contributed by atoms with van der Waals surface area (Å²) in [6.07, 6.45) is 5.27. The third-order valence-electron chi connectivity index (χ3n) is 6.37. The second-order valence-electron chi connectivity index (χ2n) is 7.93. The van der Waals surface area contributed by atoms with E-state index in [4.69, 9.17) is 4.74 Å². The first-order valence-electron chi connectivity index (χ1n) is 9.89. The molecule has 0 saturated carbocycles. The van der Waals surface area contributed by atoms with Gasteiger partial charge in [0, 0.05) is 38.2 Å². The van der Waals surface area contributed by atoms with Gasteiger partial charge in [-0.05, 0) is 37.7 Å². The molecule has 5 nitrogen and oxygen atoms in total. The number of hydrogen-bond acceptors (Lipinski definition) is 3. The fourth-order valence-corrected chi connectivity index (χ4v) is 4.80. The van der Waals surface area contributed by atoms with E-state index < -0.39 is 0 Å². The first-order valence-corrected chi connectivity index (χ1v) is 9.89. The molecule has 0 aromatic heterocycles. The average Bonchev–Trinajstić information content (AvgIpc) is 3.23. The molecular weight excluding hydrogens is 328 g/mol. The molecule has 3 aliphatic rings. The van der Waals surface area contributed by atoms with Crippen molar-refractivity contribution in [2.75, 3.05) is 26.3 Å². The van der Waals surface area contributed by atoms with Gasteiger partial charge in [0.15, 0.2) is 0 Å². The first kappa shape index (κ1) is 17.5. The van der Waals surface area contributed by atoms with E-state index in [9.17, 15) is 9.59 Å². The van der Waals surface area contributed by atoms with E-state index >= 15 is 0 Å². The summed E-state index contributed by atoms with van der Waals surface area (Å²) in [6.45, 7) is 3.52. The normalized spacial score (nSPS) is 29.4. The molecule has 0 radical (unpaired) electrons. The van der Waals surface area contributed by atoms with Gasteiger partial charge in [-0.2, -0.15) is 0 Å². The van der Waals surface area contributed by atoms with Crippen molar-refractivity contribution in [2.24, 2.45) is 5.92 Å². The molecule has 4 rings (SSSR count). The van der Waals surface area contributed by atoms with Crippen LogP contribution < -0.4 is 0 Å². The Morgan fingerprint density at radius 3 is 2.77 bits per heavy atom. The smallest absolute Gasteiger partial charge is 0.228 e. The Morgan fingerprint density at radius 2 is 2.00 bits per heavy atom. The summed E-state index contributed by atoms with van der Waals surface area (Å²) in [5, 5.41) is 0. The summed E-state index contributed by atoms with van der Waals surface area (Å²) >= 11 is 0. The Labute approximate surface area is 155 Å². The van der Waals surface area contributed by atoms with Crippen molar-refractivity contribution in [1.82, 2.24) is 9.80 Å². The lowest BCUT2D eigenvalue weighted by Gasteiger charge is -2.38. The SMILES string of the molecule is O=C([C@@H]1CCOC1)N1CCC[C@@]2(CCC(=O)N2Cc2ccccc2)CC1. The Kier molecular flexibility index (Phi) is 4.98. The van der Waals surface area contributed by atoms with Gasteiger partial charge in [0.2, 0.25) is 11.8 Å². The number of rotatable bonds is 3. The highest BCUT2D eigenvalue weighted by Crippen LogP contribution is 2.40. The van der Waals surface area contributed by atoms with Crippen LogP contribution in [0.25, 0.3) is 0 Å². The molecule has 3 fully saturated rings. The third-order valence-corrected chi connectivity index (χ3v) is 6.37. The van der Waals surface area contributed by atoms with Gasteiger partial charge >= 0.3 is 0 Å². The van der Waals surface area contributed by atoms with Crippen molar-refractivity contribution in [2.45, 2.75) is 50.6 Å². The maximum Gasteiger partial charge on any atom is 0.228 e. The second-order valence-corrected chi connectivity index (χ2v) is 7.93. The predicted molar refractivity (Wildman–Crippen MR) is 98.3 cm³/mol. The topological polar surface area (TPSA) is 49.9 Å². The fraction of sp³-hybridized carbons (Fsp3) is 0.619. The van der Waals surface area contributed by atoms with Gasteiger partial charge < -0.3 is 14.5 Å². The van der Waals surface area contributed by atoms with Crippen LogP contribution in [-0.4, -0.2) is 53.5 Å². The van der Waals surface area contributed by atoms with Crippen LogP contribution in [0.3, 0.4) is 0 Å². The van der Waals surface area contributed by atoms with Gasteiger partial charge in [-0.25, -0.2) is 0 Å². The minimum atomic E-state index is -0.0753. The largest absolute Gasteiger partial charge is 0.381 e. The van der Waals surface area contributed by atoms with E-state index in [1.54, 1.807) is 0 Å². The molecule has 2 amide bonds. The number of benzene rings is 1. The lowest BCUT2D eigenvalue weighted by atomic mass is 9.87. The maximum atomic E-state index is 12.8. The summed E-state index contributed by atoms with van der Waals surface area (Å²) < 4.78 is 5.39. The Bertz CT molecular complexity index is 656. The number of nitrogens with zero attached hydrogens (tertiary/aromatic N) is 2. The second kappa shape index (κ2) is 7.39. The van der Waals surface area contributed by atoms with Gasteiger partial charge in [-0.1, -0.05) is 30.3 Å². The van der Waals surface area contributed by atoms with Gasteiger partial charge in [0.1, 0.15) is 0 Å². The van der Waals surface area contributed by atoms with Crippen LogP contribution in [0.1, 0.15) is 44.1 Å². The number of carbonyl (C=O) groups excluding carboxylic acids is 2. The molecule has 0 aliphatic carbocycles. The van der Waals surface area contributed by atoms with E-state index in [0.717, 1.165) is 45.2 Å². The molecule has 5 heteroatoms. The zero-order valence-electron chi connectivity index (χ0n) is 15.4. The molecule has 1 spiro atoms. The van der Waals surface area contributed by atoms with E-state index in [1.165, 1.54) is 5.56 Å². The van der Waals surface area contributed by atoms with Gasteiger partial charge in [-0.15, -0.1) is 0 Å². The van der Waals surface area contributed by atoms with Crippen molar-refractivity contribution in [3.05, 3.63) is 35.9 Å². The van der Waals surface area contributed by atoms with Crippen molar-refractivity contribution in [3.8, 4) is 0 Å². The minimum absolute atomic E-state index is 0.0367. The zero-order chi connectivity index (χ0) is 18.0. The van der Waals surface area contributed by atoms with Crippen LogP contribution in [-0.2, 0) is 20.9 Å². The predicted octanol–water partition coefficient (Wildman–Crippen LogP) is 2.60. The lowest BCUT2D eigenvalue weighted by molar-refractivity contribution is -0.135. The Morgan fingerprint density at radius 1 is 1.15 bits per heavy atom. The zero-order valence-corrected chi connectivity index (χ0v) is 15.4. The highest BCUT2D eigenvalue weighted by Gasteiger charge is 2.46. The van der Waals surface area contributed by atoms with E-state index in [0.29, 0.717) is 26.2 Å². The van der Waals surface area contributed by atoms with Crippen molar-refractivity contribution < 1.29 is 14.3 Å². The number of likely N-dealkylation sites (tertiary alicyclic amines) is 2. The van der Waals surface area contributed by atoms with Gasteiger partial charge in [0.05, 0.1) is 12.5 Å². The number of hydrogen-bond donors (Lipinski definition) is 0. The number of amides is 2. The summed E-state index contributed by atoms with van der Waals surface area (Å²) in [4.78, 5) is 29.5. The molecular formula is C21H28N2O3.